The van der Waals surface area contributed by atoms with Crippen LogP contribution in [0.5, 0.6) is 5.75 Å². The van der Waals surface area contributed by atoms with Crippen LogP contribution in [0.2, 0.25) is 0 Å². The second-order valence-corrected chi connectivity index (χ2v) is 8.25. The zero-order valence-corrected chi connectivity index (χ0v) is 18.3. The summed E-state index contributed by atoms with van der Waals surface area (Å²) in [5.74, 6) is 0.335. The van der Waals surface area contributed by atoms with E-state index < -0.39 is 6.04 Å². The number of rotatable bonds is 7. The van der Waals surface area contributed by atoms with Crippen LogP contribution in [-0.4, -0.2) is 48.7 Å². The van der Waals surface area contributed by atoms with Gasteiger partial charge in [-0.2, -0.15) is 0 Å². The first-order valence-electron chi connectivity index (χ1n) is 10.7. The molecule has 1 heterocycles. The molecule has 0 bridgehead atoms. The topological polar surface area (TPSA) is 75.7 Å². The molecule has 1 aliphatic rings. The predicted octanol–water partition coefficient (Wildman–Crippen LogP) is 3.57. The summed E-state index contributed by atoms with van der Waals surface area (Å²) in [4.78, 5) is 40.3. The number of nitrogens with one attached hydrogen (secondary N) is 1. The minimum Gasteiger partial charge on any atom is -0.497 e. The number of carbonyl (C=O) groups excluding carboxylic acids is 3. The van der Waals surface area contributed by atoms with Gasteiger partial charge >= 0.3 is 0 Å². The summed E-state index contributed by atoms with van der Waals surface area (Å²) < 4.78 is 5.15. The maximum Gasteiger partial charge on any atom is 0.251 e. The first-order chi connectivity index (χ1) is 14.9. The van der Waals surface area contributed by atoms with Crippen LogP contribution in [0.3, 0.4) is 0 Å². The smallest absolute Gasteiger partial charge is 0.251 e. The number of ketones is 1. The van der Waals surface area contributed by atoms with E-state index >= 15 is 0 Å². The number of ether oxygens (including phenoxy) is 1. The minimum atomic E-state index is -0.596. The number of Topliss-reactive ketones (excluding diaryl/α,β-unsaturated/α-hetero) is 1. The van der Waals surface area contributed by atoms with Crippen molar-refractivity contribution >= 4 is 17.6 Å². The van der Waals surface area contributed by atoms with Crippen LogP contribution in [0.15, 0.2) is 54.6 Å². The number of likely N-dealkylation sites (tertiary alicyclic amines) is 1. The molecule has 2 amide bonds. The third-order valence-corrected chi connectivity index (χ3v) is 5.81. The van der Waals surface area contributed by atoms with E-state index in [1.54, 1.807) is 60.5 Å². The first-order valence-corrected chi connectivity index (χ1v) is 10.7. The quantitative estimate of drug-likeness (QED) is 0.692. The van der Waals surface area contributed by atoms with Crippen molar-refractivity contribution in [3.05, 3.63) is 65.7 Å². The Balaban J connectivity index is 1.59. The molecule has 31 heavy (non-hydrogen) atoms. The molecule has 1 saturated heterocycles. The van der Waals surface area contributed by atoms with Crippen molar-refractivity contribution in [1.29, 1.82) is 0 Å². The third kappa shape index (κ3) is 5.51. The highest BCUT2D eigenvalue weighted by atomic mass is 16.5. The Bertz CT molecular complexity index is 901. The Labute approximate surface area is 183 Å². The molecular formula is C25H30N2O4. The maximum atomic E-state index is 13.1. The van der Waals surface area contributed by atoms with Crippen molar-refractivity contribution in [2.45, 2.75) is 32.7 Å². The van der Waals surface area contributed by atoms with Crippen molar-refractivity contribution in [2.75, 3.05) is 20.2 Å². The third-order valence-electron chi connectivity index (χ3n) is 5.81. The van der Waals surface area contributed by atoms with E-state index in [1.165, 1.54) is 0 Å². The molecule has 1 N–H and O–H groups in total. The van der Waals surface area contributed by atoms with Crippen molar-refractivity contribution in [3.8, 4) is 5.75 Å². The van der Waals surface area contributed by atoms with Gasteiger partial charge in [0.05, 0.1) is 7.11 Å². The number of benzene rings is 2. The Kier molecular flexibility index (Phi) is 7.45. The number of piperidine rings is 1. The molecule has 164 valence electrons. The van der Waals surface area contributed by atoms with E-state index in [-0.39, 0.29) is 29.4 Å². The van der Waals surface area contributed by atoms with Gasteiger partial charge in [0.25, 0.3) is 5.91 Å². The van der Waals surface area contributed by atoms with Gasteiger partial charge in [0, 0.05) is 30.1 Å². The number of hydrogen-bond donors (Lipinski definition) is 1. The zero-order valence-electron chi connectivity index (χ0n) is 18.3. The van der Waals surface area contributed by atoms with E-state index in [0.29, 0.717) is 42.8 Å². The maximum absolute atomic E-state index is 13.1. The van der Waals surface area contributed by atoms with Crippen LogP contribution >= 0.6 is 0 Å². The molecule has 0 aromatic heterocycles. The summed E-state index contributed by atoms with van der Waals surface area (Å²) in [6.07, 6.45) is 1.24. The molecule has 0 unspecified atom stereocenters. The molecule has 6 heteroatoms. The fourth-order valence-electron chi connectivity index (χ4n) is 3.88. The van der Waals surface area contributed by atoms with Gasteiger partial charge in [0.15, 0.2) is 5.78 Å². The van der Waals surface area contributed by atoms with E-state index in [9.17, 15) is 14.4 Å². The molecule has 6 nitrogen and oxygen atoms in total. The van der Waals surface area contributed by atoms with Gasteiger partial charge in [-0.3, -0.25) is 14.4 Å². The number of amides is 2. The van der Waals surface area contributed by atoms with Crippen LogP contribution in [0.4, 0.5) is 0 Å². The lowest BCUT2D eigenvalue weighted by Crippen LogP contribution is -2.53. The van der Waals surface area contributed by atoms with Gasteiger partial charge in [-0.1, -0.05) is 32.0 Å². The summed E-state index contributed by atoms with van der Waals surface area (Å²) in [5, 5.41) is 2.89. The van der Waals surface area contributed by atoms with Crippen LogP contribution in [0.1, 0.15) is 47.4 Å². The summed E-state index contributed by atoms with van der Waals surface area (Å²) >= 11 is 0. The lowest BCUT2D eigenvalue weighted by Gasteiger charge is -2.35. The van der Waals surface area contributed by atoms with Crippen molar-refractivity contribution in [2.24, 2.45) is 11.8 Å². The summed E-state index contributed by atoms with van der Waals surface area (Å²) in [6, 6.07) is 15.4. The van der Waals surface area contributed by atoms with Crippen molar-refractivity contribution in [3.63, 3.8) is 0 Å². The van der Waals surface area contributed by atoms with Gasteiger partial charge in [-0.15, -0.1) is 0 Å². The standard InChI is InChI=1S/C25H30N2O4/c1-17(2)22(26-24(29)20-7-5-4-6-8-20)25(30)27-15-13-19(14-16-27)23(28)18-9-11-21(31-3)12-10-18/h4-12,17,19,22H,13-16H2,1-3H3,(H,26,29)/t22-/m1/s1. The molecule has 0 radical (unpaired) electrons. The van der Waals surface area contributed by atoms with Gasteiger partial charge in [0.2, 0.25) is 5.91 Å². The fourth-order valence-corrected chi connectivity index (χ4v) is 3.88. The first kappa shape index (κ1) is 22.5. The summed E-state index contributed by atoms with van der Waals surface area (Å²) in [7, 11) is 1.59. The highest BCUT2D eigenvalue weighted by Crippen LogP contribution is 2.24. The van der Waals surface area contributed by atoms with E-state index in [1.807, 2.05) is 19.9 Å². The van der Waals surface area contributed by atoms with Gasteiger partial charge in [-0.05, 0) is 55.2 Å². The number of nitrogens with zero attached hydrogens (tertiary/aromatic N) is 1. The molecule has 3 rings (SSSR count). The summed E-state index contributed by atoms with van der Waals surface area (Å²) in [6.45, 7) is 4.87. The lowest BCUT2D eigenvalue weighted by atomic mass is 9.88. The van der Waals surface area contributed by atoms with E-state index in [2.05, 4.69) is 5.32 Å². The molecule has 1 atom stereocenters. The second-order valence-electron chi connectivity index (χ2n) is 8.25. The van der Waals surface area contributed by atoms with Gasteiger partial charge in [-0.25, -0.2) is 0 Å². The van der Waals surface area contributed by atoms with Crippen LogP contribution < -0.4 is 10.1 Å². The molecule has 1 fully saturated rings. The molecule has 2 aromatic carbocycles. The molecule has 0 spiro atoms. The Hall–Kier alpha value is -3.15. The Morgan fingerprint density at radius 2 is 1.55 bits per heavy atom. The molecule has 1 aliphatic heterocycles. The van der Waals surface area contributed by atoms with Crippen LogP contribution in [0.25, 0.3) is 0 Å². The monoisotopic (exact) mass is 422 g/mol. The highest BCUT2D eigenvalue weighted by molar-refractivity contribution is 5.99. The lowest BCUT2D eigenvalue weighted by molar-refractivity contribution is -0.135. The van der Waals surface area contributed by atoms with E-state index in [4.69, 9.17) is 4.74 Å². The Morgan fingerprint density at radius 3 is 2.10 bits per heavy atom. The van der Waals surface area contributed by atoms with Crippen molar-refractivity contribution in [1.82, 2.24) is 10.2 Å². The largest absolute Gasteiger partial charge is 0.497 e. The van der Waals surface area contributed by atoms with Gasteiger partial charge in [0.1, 0.15) is 11.8 Å². The fraction of sp³-hybridized carbons (Fsp3) is 0.400. The zero-order chi connectivity index (χ0) is 22.4. The highest BCUT2D eigenvalue weighted by Gasteiger charge is 2.33. The predicted molar refractivity (Wildman–Crippen MR) is 119 cm³/mol. The van der Waals surface area contributed by atoms with Crippen LogP contribution in [0, 0.1) is 11.8 Å². The average Bonchev–Trinajstić information content (AvgIpc) is 2.82. The number of carbonyl (C=O) groups is 3. The van der Waals surface area contributed by atoms with Crippen LogP contribution in [-0.2, 0) is 4.79 Å². The second kappa shape index (κ2) is 10.2. The normalized spacial score (nSPS) is 15.4. The van der Waals surface area contributed by atoms with Gasteiger partial charge < -0.3 is 15.0 Å². The Morgan fingerprint density at radius 1 is 0.935 bits per heavy atom. The summed E-state index contributed by atoms with van der Waals surface area (Å²) in [5.41, 5.74) is 1.20. The van der Waals surface area contributed by atoms with Crippen molar-refractivity contribution < 1.29 is 19.1 Å². The molecule has 0 aliphatic carbocycles. The molecule has 2 aromatic rings. The SMILES string of the molecule is COc1ccc(C(=O)C2CCN(C(=O)[C@H](NC(=O)c3ccccc3)C(C)C)CC2)cc1. The molecule has 0 saturated carbocycles. The number of methoxy groups -OCH3 is 1. The minimum absolute atomic E-state index is 0.0428. The number of hydrogen-bond acceptors (Lipinski definition) is 4. The molecular weight excluding hydrogens is 392 g/mol. The van der Waals surface area contributed by atoms with E-state index in [0.717, 1.165) is 0 Å². The average molecular weight is 423 g/mol.